The van der Waals surface area contributed by atoms with Crippen LogP contribution in [0.4, 0.5) is 38.5 Å². The van der Waals surface area contributed by atoms with Crippen molar-refractivity contribution in [3.63, 3.8) is 0 Å². The van der Waals surface area contributed by atoms with Crippen molar-refractivity contribution in [2.24, 2.45) is 11.7 Å². The highest BCUT2D eigenvalue weighted by Gasteiger charge is 2.56. The SMILES string of the molecule is NC(=O)n1cc(NC(=O)N2C3CC3C[C@H]2C(=O)Nc2cccc(OC(F)(F)F)c2)c2ccc(F)cc21. The van der Waals surface area contributed by atoms with E-state index < -0.39 is 41.9 Å². The molecule has 4 amide bonds. The van der Waals surface area contributed by atoms with E-state index in [1.165, 1.54) is 35.4 Å². The lowest BCUT2D eigenvalue weighted by Crippen LogP contribution is -2.47. The molecule has 3 aromatic rings. The molecule has 9 nitrogen and oxygen atoms in total. The van der Waals surface area contributed by atoms with Crippen molar-refractivity contribution in [3.05, 3.63) is 54.5 Å². The molecule has 1 aromatic heterocycles. The summed E-state index contributed by atoms with van der Waals surface area (Å²) < 4.78 is 56.1. The number of alkyl halides is 3. The number of aromatic nitrogens is 1. The number of ether oxygens (including phenoxy) is 1. The van der Waals surface area contributed by atoms with E-state index >= 15 is 0 Å². The number of fused-ring (bicyclic) bond motifs is 2. The van der Waals surface area contributed by atoms with Crippen LogP contribution in [-0.4, -0.2) is 45.9 Å². The maximum absolute atomic E-state index is 13.7. The van der Waals surface area contributed by atoms with Gasteiger partial charge in [-0.3, -0.25) is 9.36 Å². The number of rotatable bonds is 4. The number of carbonyl (C=O) groups is 3. The smallest absolute Gasteiger partial charge is 0.406 e. The van der Waals surface area contributed by atoms with Crippen molar-refractivity contribution in [2.75, 3.05) is 10.6 Å². The fourth-order valence-electron chi connectivity index (χ4n) is 4.64. The minimum atomic E-state index is -4.88. The van der Waals surface area contributed by atoms with Crippen molar-refractivity contribution in [3.8, 4) is 5.75 Å². The van der Waals surface area contributed by atoms with Crippen molar-refractivity contribution in [1.29, 1.82) is 0 Å². The molecule has 0 radical (unpaired) electrons. The minimum absolute atomic E-state index is 0.0780. The third-order valence-corrected chi connectivity index (χ3v) is 6.22. The number of hydrogen-bond donors (Lipinski definition) is 3. The van der Waals surface area contributed by atoms with E-state index in [0.29, 0.717) is 18.2 Å². The number of primary amides is 1. The third kappa shape index (κ3) is 4.51. The van der Waals surface area contributed by atoms with Crippen LogP contribution in [0, 0.1) is 11.7 Å². The summed E-state index contributed by atoms with van der Waals surface area (Å²) in [5.41, 5.74) is 5.81. The second-order valence-corrected chi connectivity index (χ2v) is 8.63. The first kappa shape index (κ1) is 23.5. The third-order valence-electron chi connectivity index (χ3n) is 6.22. The zero-order chi connectivity index (χ0) is 25.8. The number of nitrogens with zero attached hydrogens (tertiary/aromatic N) is 2. The van der Waals surface area contributed by atoms with E-state index in [2.05, 4.69) is 15.4 Å². The zero-order valence-corrected chi connectivity index (χ0v) is 18.4. The maximum Gasteiger partial charge on any atom is 0.573 e. The molecule has 0 bridgehead atoms. The molecular weight excluding hydrogens is 486 g/mol. The van der Waals surface area contributed by atoms with E-state index in [-0.39, 0.29) is 28.9 Å². The predicted octanol–water partition coefficient (Wildman–Crippen LogP) is 4.24. The van der Waals surface area contributed by atoms with Gasteiger partial charge in [-0.25, -0.2) is 14.0 Å². The number of amides is 4. The Morgan fingerprint density at radius 3 is 2.56 bits per heavy atom. The monoisotopic (exact) mass is 505 g/mol. The lowest BCUT2D eigenvalue weighted by atomic mass is 10.1. The molecule has 36 heavy (non-hydrogen) atoms. The molecule has 5 rings (SSSR count). The Labute approximate surface area is 200 Å². The molecule has 2 unspecified atom stereocenters. The standard InChI is InChI=1S/C23H19F4N5O4/c24-12-4-5-15-16(10-31(21(28)34)18(15)8-12)30-22(35)32-17-6-11(17)7-19(32)20(33)29-13-2-1-3-14(9-13)36-23(25,26)27/h1-5,8-11,17,19H,6-7H2,(H2,28,34)(H,29,33)(H,30,35)/t11?,17?,19-/m0/s1. The van der Waals surface area contributed by atoms with Crippen molar-refractivity contribution in [1.82, 2.24) is 9.47 Å². The molecule has 2 aromatic carbocycles. The van der Waals surface area contributed by atoms with Gasteiger partial charge in [0.1, 0.15) is 17.6 Å². The number of nitrogens with two attached hydrogens (primary N) is 1. The second-order valence-electron chi connectivity index (χ2n) is 8.63. The number of benzene rings is 2. The molecule has 2 aliphatic rings. The molecule has 0 spiro atoms. The Hall–Kier alpha value is -4.29. The van der Waals surface area contributed by atoms with Gasteiger partial charge in [-0.15, -0.1) is 13.2 Å². The highest BCUT2D eigenvalue weighted by atomic mass is 19.4. The summed E-state index contributed by atoms with van der Waals surface area (Å²) in [7, 11) is 0. The Morgan fingerprint density at radius 1 is 1.06 bits per heavy atom. The van der Waals surface area contributed by atoms with E-state index in [9.17, 15) is 31.9 Å². The molecule has 3 atom stereocenters. The van der Waals surface area contributed by atoms with Gasteiger partial charge in [0.15, 0.2) is 0 Å². The van der Waals surface area contributed by atoms with Crippen molar-refractivity contribution in [2.45, 2.75) is 31.3 Å². The fraction of sp³-hybridized carbons (Fsp3) is 0.261. The molecule has 1 aliphatic heterocycles. The van der Waals surface area contributed by atoms with E-state index in [0.717, 1.165) is 22.8 Å². The maximum atomic E-state index is 13.7. The average Bonchev–Trinajstić information content (AvgIpc) is 3.29. The van der Waals surface area contributed by atoms with Gasteiger partial charge >= 0.3 is 18.4 Å². The Bertz CT molecular complexity index is 1390. The first-order chi connectivity index (χ1) is 17.0. The van der Waals surface area contributed by atoms with Crippen LogP contribution in [0.3, 0.4) is 0 Å². The number of halogens is 4. The first-order valence-corrected chi connectivity index (χ1v) is 10.9. The van der Waals surface area contributed by atoms with E-state index in [1.54, 1.807) is 0 Å². The number of anilines is 2. The molecule has 1 saturated heterocycles. The number of nitrogens with one attached hydrogen (secondary N) is 2. The lowest BCUT2D eigenvalue weighted by Gasteiger charge is -2.27. The van der Waals surface area contributed by atoms with Crippen LogP contribution in [0.15, 0.2) is 48.7 Å². The number of carbonyl (C=O) groups excluding carboxylic acids is 3. The second kappa shape index (κ2) is 8.43. The first-order valence-electron chi connectivity index (χ1n) is 10.9. The van der Waals surface area contributed by atoms with Crippen LogP contribution < -0.4 is 21.1 Å². The summed E-state index contributed by atoms with van der Waals surface area (Å²) in [6, 6.07) is 5.97. The normalized spacial score (nSPS) is 20.7. The van der Waals surface area contributed by atoms with Crippen molar-refractivity contribution >= 4 is 40.2 Å². The predicted molar refractivity (Wildman–Crippen MR) is 120 cm³/mol. The molecule has 13 heteroatoms. The Morgan fingerprint density at radius 2 is 1.83 bits per heavy atom. The fourth-order valence-corrected chi connectivity index (χ4v) is 4.64. The summed E-state index contributed by atoms with van der Waals surface area (Å²) in [6.45, 7) is 0. The van der Waals surface area contributed by atoms with Gasteiger partial charge in [0.05, 0.1) is 11.2 Å². The van der Waals surface area contributed by atoms with Crippen molar-refractivity contribution < 1.29 is 36.7 Å². The van der Waals surface area contributed by atoms with E-state index in [4.69, 9.17) is 5.73 Å². The topological polar surface area (TPSA) is 119 Å². The van der Waals surface area contributed by atoms with Crippen LogP contribution in [-0.2, 0) is 4.79 Å². The number of urea groups is 1. The largest absolute Gasteiger partial charge is 0.573 e. The van der Waals surface area contributed by atoms with Gasteiger partial charge in [-0.05, 0) is 49.1 Å². The van der Waals surface area contributed by atoms with Gasteiger partial charge in [0.25, 0.3) is 0 Å². The lowest BCUT2D eigenvalue weighted by molar-refractivity contribution is -0.274. The highest BCUT2D eigenvalue weighted by Crippen LogP contribution is 2.48. The molecular formula is C23H19F4N5O4. The number of likely N-dealkylation sites (tertiary alicyclic amines) is 1. The Balaban J connectivity index is 1.34. The van der Waals surface area contributed by atoms with Gasteiger partial charge in [-0.1, -0.05) is 6.07 Å². The molecule has 2 fully saturated rings. The molecule has 2 heterocycles. The van der Waals surface area contributed by atoms with Crippen LogP contribution in [0.5, 0.6) is 5.75 Å². The highest BCUT2D eigenvalue weighted by molar-refractivity contribution is 6.06. The summed E-state index contributed by atoms with van der Waals surface area (Å²) in [5, 5.41) is 5.59. The van der Waals surface area contributed by atoms with Crippen LogP contribution in [0.2, 0.25) is 0 Å². The zero-order valence-electron chi connectivity index (χ0n) is 18.4. The van der Waals surface area contributed by atoms with Gasteiger partial charge in [0, 0.05) is 29.4 Å². The van der Waals surface area contributed by atoms with Crippen LogP contribution in [0.25, 0.3) is 10.9 Å². The summed E-state index contributed by atoms with van der Waals surface area (Å²) in [4.78, 5) is 39.3. The summed E-state index contributed by atoms with van der Waals surface area (Å²) in [5.74, 6) is -1.54. The molecule has 1 aliphatic carbocycles. The minimum Gasteiger partial charge on any atom is -0.406 e. The average molecular weight is 505 g/mol. The molecule has 1 saturated carbocycles. The molecule has 188 valence electrons. The number of hydrogen-bond acceptors (Lipinski definition) is 4. The molecule has 4 N–H and O–H groups in total. The van der Waals surface area contributed by atoms with E-state index in [1.807, 2.05) is 0 Å². The van der Waals surface area contributed by atoms with Crippen LogP contribution >= 0.6 is 0 Å². The van der Waals surface area contributed by atoms with Gasteiger partial charge in [0.2, 0.25) is 5.91 Å². The Kier molecular flexibility index (Phi) is 5.49. The van der Waals surface area contributed by atoms with Crippen LogP contribution in [0.1, 0.15) is 12.8 Å². The van der Waals surface area contributed by atoms with Gasteiger partial charge in [-0.2, -0.15) is 0 Å². The quantitative estimate of drug-likeness (QED) is 0.460. The summed E-state index contributed by atoms with van der Waals surface area (Å²) >= 11 is 0. The van der Waals surface area contributed by atoms with Gasteiger partial charge < -0.3 is 26.0 Å². The number of piperidine rings is 1. The summed E-state index contributed by atoms with van der Waals surface area (Å²) in [6.07, 6.45) is -2.52.